The third kappa shape index (κ3) is 9.97. The van der Waals surface area contributed by atoms with Crippen molar-refractivity contribution in [2.24, 2.45) is 0 Å². The van der Waals surface area contributed by atoms with E-state index in [0.717, 1.165) is 70.4 Å². The van der Waals surface area contributed by atoms with Crippen LogP contribution in [0.3, 0.4) is 0 Å². The number of nitrogens with zero attached hydrogens (tertiary/aromatic N) is 4. The molecule has 2 aliphatic heterocycles. The molecule has 0 N–H and O–H groups in total. The van der Waals surface area contributed by atoms with Gasteiger partial charge < -0.3 is 19.6 Å². The Morgan fingerprint density at radius 3 is 1.41 bits per heavy atom. The van der Waals surface area contributed by atoms with Gasteiger partial charge in [-0.1, -0.05) is 123 Å². The summed E-state index contributed by atoms with van der Waals surface area (Å²) in [6.45, 7) is 20.6. The minimum atomic E-state index is 0.0475. The van der Waals surface area contributed by atoms with Crippen molar-refractivity contribution in [3.05, 3.63) is 209 Å². The Morgan fingerprint density at radius 2 is 0.904 bits per heavy atom. The molecule has 1 atom stereocenters. The Balaban J connectivity index is 1.13. The van der Waals surface area contributed by atoms with Gasteiger partial charge in [-0.3, -0.25) is 0 Å². The number of rotatable bonds is 5. The van der Waals surface area contributed by atoms with Gasteiger partial charge in [0.05, 0.1) is 22.7 Å². The number of hydrogen-bond acceptors (Lipinski definition) is 7. The molecule has 368 valence electrons. The molecule has 2 heterocycles. The zero-order valence-electron chi connectivity index (χ0n) is 43.3. The first kappa shape index (κ1) is 49.7. The fourth-order valence-electron chi connectivity index (χ4n) is 10.6. The van der Waals surface area contributed by atoms with E-state index in [1.807, 2.05) is 23.5 Å². The van der Waals surface area contributed by atoms with E-state index < -0.39 is 0 Å². The molecule has 1 unspecified atom stereocenters. The van der Waals surface area contributed by atoms with Crippen molar-refractivity contribution in [1.29, 1.82) is 0 Å². The maximum Gasteiger partial charge on any atom is 0.0523 e. The zero-order chi connectivity index (χ0) is 50.8. The van der Waals surface area contributed by atoms with E-state index in [2.05, 4.69) is 279 Å². The molecule has 12 bridgehead atoms. The van der Waals surface area contributed by atoms with Gasteiger partial charge in [-0.25, -0.2) is 0 Å². The van der Waals surface area contributed by atoms with Crippen molar-refractivity contribution in [3.63, 3.8) is 0 Å². The van der Waals surface area contributed by atoms with Gasteiger partial charge in [0, 0.05) is 91.5 Å². The first-order valence-electron chi connectivity index (χ1n) is 25.5. The van der Waals surface area contributed by atoms with E-state index in [1.54, 1.807) is 8.93 Å². The molecule has 0 amide bonds. The monoisotopic (exact) mass is 1120 g/mol. The molecule has 8 aromatic rings. The summed E-state index contributed by atoms with van der Waals surface area (Å²) in [6, 6.07) is 64.8. The molecular weight excluding hydrogens is 1060 g/mol. The zero-order valence-corrected chi connectivity index (χ0v) is 47.9. The summed E-state index contributed by atoms with van der Waals surface area (Å²) in [4.78, 5) is 14.9. The number of thioether (sulfide) groups is 1. The second-order valence-corrected chi connectivity index (χ2v) is 26.2. The lowest BCUT2D eigenvalue weighted by Crippen LogP contribution is -2.23. The Morgan fingerprint density at radius 1 is 0.466 bits per heavy atom. The highest BCUT2D eigenvalue weighted by Crippen LogP contribution is 2.52. The topological polar surface area (TPSA) is 13.0 Å². The summed E-state index contributed by atoms with van der Waals surface area (Å²) in [5, 5.41) is 0.365. The third-order valence-electron chi connectivity index (χ3n) is 14.6. The number of fused-ring (bicyclic) bond motifs is 11. The highest BCUT2D eigenvalue weighted by molar-refractivity contribution is 14.2. The second kappa shape index (κ2) is 20.0. The Hall–Kier alpha value is -5.52. The van der Waals surface area contributed by atoms with E-state index in [0.29, 0.717) is 5.25 Å². The molecule has 3 aliphatic rings. The maximum absolute atomic E-state index is 2.55. The van der Waals surface area contributed by atoms with E-state index >= 15 is 0 Å². The molecule has 0 saturated carbocycles. The highest BCUT2D eigenvalue weighted by Gasteiger charge is 2.29. The molecule has 0 spiro atoms. The molecule has 0 aromatic heterocycles. The van der Waals surface area contributed by atoms with Gasteiger partial charge in [0.2, 0.25) is 0 Å². The summed E-state index contributed by atoms with van der Waals surface area (Å²) >= 11 is 6.30. The number of allylic oxidation sites excluding steroid dienone is 1. The molecule has 0 saturated heterocycles. The number of benzene rings is 8. The van der Waals surface area contributed by atoms with Gasteiger partial charge in [-0.15, -0.1) is 11.8 Å². The molecule has 11 rings (SSSR count). The smallest absolute Gasteiger partial charge is 0.0523 e. The lowest BCUT2D eigenvalue weighted by atomic mass is 9.87. The molecular formula is C65H63IN4S3. The van der Waals surface area contributed by atoms with Crippen LogP contribution in [0.25, 0.3) is 0 Å². The summed E-state index contributed by atoms with van der Waals surface area (Å²) in [5.41, 5.74) is 20.3. The van der Waals surface area contributed by atoms with Crippen LogP contribution >= 0.6 is 53.7 Å². The fraction of sp³-hybridized carbons (Fsp3) is 0.231. The SMILES string of the molecule is Cc1ccc2cc1N(c1cc(SI)cc(N3c4cccc(c4)Sc4cccc(c4)N(c4ccc(C(C)(C)C)cc4)c4ccc(C)c3c4)c1C)c1cccc(c1)SC1C=C(CCC1)N2c1ccc(C(C)(C)C)cc1. The van der Waals surface area contributed by atoms with Crippen molar-refractivity contribution in [2.45, 2.75) is 117 Å². The maximum atomic E-state index is 2.55. The largest absolute Gasteiger partial charge is 0.314 e. The fourth-order valence-corrected chi connectivity index (χ4v) is 13.8. The van der Waals surface area contributed by atoms with Crippen LogP contribution in [0, 0.1) is 20.8 Å². The first-order valence-corrected chi connectivity index (χ1v) is 30.6. The van der Waals surface area contributed by atoms with Gasteiger partial charge in [-0.05, 0) is 194 Å². The lowest BCUT2D eigenvalue weighted by molar-refractivity contribution is 0.590. The van der Waals surface area contributed by atoms with Gasteiger partial charge >= 0.3 is 0 Å². The van der Waals surface area contributed by atoms with E-state index in [4.69, 9.17) is 0 Å². The molecule has 1 aliphatic carbocycles. The van der Waals surface area contributed by atoms with Crippen LogP contribution in [-0.4, -0.2) is 5.25 Å². The average molecular weight is 1120 g/mol. The number of aryl methyl sites for hydroxylation is 2. The van der Waals surface area contributed by atoms with Gasteiger partial charge in [0.25, 0.3) is 0 Å². The predicted octanol–water partition coefficient (Wildman–Crippen LogP) is 21.2. The quantitative estimate of drug-likeness (QED) is 0.157. The second-order valence-electron chi connectivity index (χ2n) is 21.8. The highest BCUT2D eigenvalue weighted by atomic mass is 127. The summed E-state index contributed by atoms with van der Waals surface area (Å²) in [5.74, 6) is 0. The minimum absolute atomic E-state index is 0.0475. The van der Waals surface area contributed by atoms with Crippen LogP contribution in [0.5, 0.6) is 0 Å². The first-order chi connectivity index (χ1) is 35.1. The van der Waals surface area contributed by atoms with Gasteiger partial charge in [0.1, 0.15) is 0 Å². The van der Waals surface area contributed by atoms with Crippen LogP contribution in [0.4, 0.5) is 62.6 Å². The Kier molecular flexibility index (Phi) is 13.6. The molecule has 8 aromatic carbocycles. The molecule has 4 nitrogen and oxygen atoms in total. The Labute approximate surface area is 458 Å². The average Bonchev–Trinajstić information content (AvgIpc) is 3.37. The van der Waals surface area contributed by atoms with Crippen LogP contribution in [0.1, 0.15) is 88.6 Å². The van der Waals surface area contributed by atoms with E-state index in [9.17, 15) is 0 Å². The summed E-state index contributed by atoms with van der Waals surface area (Å²) in [6.07, 6.45) is 5.89. The number of halogens is 1. The van der Waals surface area contributed by atoms with Gasteiger partial charge in [0.15, 0.2) is 0 Å². The van der Waals surface area contributed by atoms with E-state index in [-0.39, 0.29) is 10.8 Å². The normalized spacial score (nSPS) is 15.7. The number of hydrogen-bond donors (Lipinski definition) is 0. The van der Waals surface area contributed by atoms with Crippen molar-refractivity contribution in [1.82, 2.24) is 0 Å². The molecule has 8 heteroatoms. The van der Waals surface area contributed by atoms with Gasteiger partial charge in [-0.2, -0.15) is 0 Å². The van der Waals surface area contributed by atoms with E-state index in [1.165, 1.54) is 64.5 Å². The van der Waals surface area contributed by atoms with Crippen LogP contribution in [-0.2, 0) is 10.8 Å². The van der Waals surface area contributed by atoms with Crippen molar-refractivity contribution >= 4 is 116 Å². The van der Waals surface area contributed by atoms with Crippen molar-refractivity contribution in [2.75, 3.05) is 19.6 Å². The number of anilines is 11. The molecule has 73 heavy (non-hydrogen) atoms. The molecule has 0 fully saturated rings. The third-order valence-corrected chi connectivity index (χ3v) is 18.7. The van der Waals surface area contributed by atoms with Crippen molar-refractivity contribution < 1.29 is 0 Å². The Bertz CT molecular complexity index is 3410. The van der Waals surface area contributed by atoms with Crippen LogP contribution in [0.2, 0.25) is 0 Å². The van der Waals surface area contributed by atoms with Crippen molar-refractivity contribution in [3.8, 4) is 0 Å². The standard InChI is InChI=1S/C65H63IN4S3/c1-42-22-28-53-38-60(42)69(51-16-12-20-57(36-51)71-55-18-10-14-49(34-55)67(53)47-30-24-45(25-31-47)64(4,5)6)62-40-59(73-66)41-63(44(62)3)70-52-17-13-21-58(37-52)72-56-19-11-15-50(35-56)68(54-29-23-43(2)61(70)39-54)48-32-26-46(27-33-48)65(7,8)9/h10,12-14,16-18,20-41,56H,11,15,19H2,1-9H3. The minimum Gasteiger partial charge on any atom is -0.314 e. The molecule has 0 radical (unpaired) electrons. The van der Waals surface area contributed by atoms with Crippen LogP contribution < -0.4 is 19.6 Å². The summed E-state index contributed by atoms with van der Waals surface area (Å²) in [7, 11) is 1.77. The predicted molar refractivity (Wildman–Crippen MR) is 326 cm³/mol. The lowest BCUT2D eigenvalue weighted by Gasteiger charge is -2.36. The summed E-state index contributed by atoms with van der Waals surface area (Å²) < 4.78 is 0. The van der Waals surface area contributed by atoms with Crippen LogP contribution in [0.15, 0.2) is 201 Å².